The SMILES string of the molecule is CCc1cccc(CC)c1NC(=O)CN(c1ccccc1C#N)S(C)(=O)=O. The summed E-state index contributed by atoms with van der Waals surface area (Å²) in [6.07, 6.45) is 2.51. The van der Waals surface area contributed by atoms with Gasteiger partial charge in [0.2, 0.25) is 15.9 Å². The zero-order valence-corrected chi connectivity index (χ0v) is 16.5. The van der Waals surface area contributed by atoms with Crippen molar-refractivity contribution in [1.82, 2.24) is 0 Å². The Morgan fingerprint density at radius 3 is 2.19 bits per heavy atom. The Balaban J connectivity index is 2.36. The van der Waals surface area contributed by atoms with Crippen molar-refractivity contribution in [3.8, 4) is 6.07 Å². The molecule has 0 heterocycles. The van der Waals surface area contributed by atoms with Crippen LogP contribution >= 0.6 is 0 Å². The van der Waals surface area contributed by atoms with Crippen LogP contribution in [0.15, 0.2) is 42.5 Å². The molecule has 0 aliphatic carbocycles. The monoisotopic (exact) mass is 385 g/mol. The summed E-state index contributed by atoms with van der Waals surface area (Å²) in [7, 11) is -3.75. The number of carbonyl (C=O) groups excluding carboxylic acids is 1. The molecule has 6 nitrogen and oxygen atoms in total. The molecular formula is C20H23N3O3S. The third kappa shape index (κ3) is 4.86. The number of nitriles is 1. The summed E-state index contributed by atoms with van der Waals surface area (Å²) in [5.41, 5.74) is 3.10. The molecule has 2 aromatic rings. The molecule has 2 aromatic carbocycles. The van der Waals surface area contributed by atoms with Crippen LogP contribution in [-0.4, -0.2) is 27.1 Å². The first kappa shape index (κ1) is 20.5. The molecule has 0 saturated heterocycles. The molecule has 0 aromatic heterocycles. The highest BCUT2D eigenvalue weighted by Gasteiger charge is 2.24. The second kappa shape index (κ2) is 8.69. The summed E-state index contributed by atoms with van der Waals surface area (Å²) in [6, 6.07) is 14.1. The van der Waals surface area contributed by atoms with E-state index >= 15 is 0 Å². The highest BCUT2D eigenvalue weighted by atomic mass is 32.2. The van der Waals surface area contributed by atoms with Crippen molar-refractivity contribution in [2.75, 3.05) is 22.4 Å². The molecule has 1 amide bonds. The Bertz CT molecular complexity index is 956. The zero-order valence-electron chi connectivity index (χ0n) is 15.7. The lowest BCUT2D eigenvalue weighted by Crippen LogP contribution is -2.38. The van der Waals surface area contributed by atoms with E-state index < -0.39 is 22.5 Å². The number of rotatable bonds is 7. The van der Waals surface area contributed by atoms with Crippen LogP contribution in [0.3, 0.4) is 0 Å². The summed E-state index contributed by atoms with van der Waals surface area (Å²) in [5.74, 6) is -0.455. The first-order valence-electron chi connectivity index (χ1n) is 8.69. The van der Waals surface area contributed by atoms with E-state index in [1.807, 2.05) is 38.1 Å². The minimum atomic E-state index is -3.75. The summed E-state index contributed by atoms with van der Waals surface area (Å²) >= 11 is 0. The number of benzene rings is 2. The van der Waals surface area contributed by atoms with Gasteiger partial charge in [-0.2, -0.15) is 5.26 Å². The molecule has 0 bridgehead atoms. The predicted molar refractivity (Wildman–Crippen MR) is 107 cm³/mol. The van der Waals surface area contributed by atoms with Crippen molar-refractivity contribution >= 4 is 27.3 Å². The van der Waals surface area contributed by atoms with Crippen molar-refractivity contribution in [3.05, 3.63) is 59.2 Å². The minimum Gasteiger partial charge on any atom is -0.324 e. The summed E-state index contributed by atoms with van der Waals surface area (Å²) in [4.78, 5) is 12.7. The van der Waals surface area contributed by atoms with Gasteiger partial charge in [-0.1, -0.05) is 44.2 Å². The molecule has 0 atom stereocenters. The maximum Gasteiger partial charge on any atom is 0.245 e. The molecule has 0 aliphatic heterocycles. The first-order valence-corrected chi connectivity index (χ1v) is 10.5. The molecule has 0 spiro atoms. The Labute approximate surface area is 160 Å². The van der Waals surface area contributed by atoms with E-state index in [2.05, 4.69) is 5.32 Å². The van der Waals surface area contributed by atoms with Crippen LogP contribution in [0.2, 0.25) is 0 Å². The lowest BCUT2D eigenvalue weighted by molar-refractivity contribution is -0.114. The number of anilines is 2. The molecule has 2 rings (SSSR count). The lowest BCUT2D eigenvalue weighted by Gasteiger charge is -2.23. The van der Waals surface area contributed by atoms with E-state index in [4.69, 9.17) is 0 Å². The second-order valence-electron chi connectivity index (χ2n) is 6.11. The number of amides is 1. The fraction of sp³-hybridized carbons (Fsp3) is 0.300. The van der Waals surface area contributed by atoms with Gasteiger partial charge in [0, 0.05) is 5.69 Å². The average Bonchev–Trinajstić information content (AvgIpc) is 2.65. The Hall–Kier alpha value is -2.85. The maximum absolute atomic E-state index is 12.7. The fourth-order valence-corrected chi connectivity index (χ4v) is 3.75. The highest BCUT2D eigenvalue weighted by Crippen LogP contribution is 2.24. The molecule has 0 unspecified atom stereocenters. The van der Waals surface area contributed by atoms with E-state index in [0.29, 0.717) is 0 Å². The van der Waals surface area contributed by atoms with Crippen LogP contribution in [0.5, 0.6) is 0 Å². The van der Waals surface area contributed by atoms with Crippen LogP contribution in [0.1, 0.15) is 30.5 Å². The second-order valence-corrected chi connectivity index (χ2v) is 8.01. The maximum atomic E-state index is 12.7. The van der Waals surface area contributed by atoms with Gasteiger partial charge in [0.05, 0.1) is 17.5 Å². The van der Waals surface area contributed by atoms with E-state index in [1.54, 1.807) is 12.1 Å². The lowest BCUT2D eigenvalue weighted by atomic mass is 10.0. The highest BCUT2D eigenvalue weighted by molar-refractivity contribution is 7.92. The molecule has 142 valence electrons. The Morgan fingerprint density at radius 1 is 1.07 bits per heavy atom. The van der Waals surface area contributed by atoms with Crippen molar-refractivity contribution in [3.63, 3.8) is 0 Å². The largest absolute Gasteiger partial charge is 0.324 e. The van der Waals surface area contributed by atoms with Crippen LogP contribution in [0, 0.1) is 11.3 Å². The summed E-state index contributed by atoms with van der Waals surface area (Å²) in [5, 5.41) is 12.1. The number of hydrogen-bond acceptors (Lipinski definition) is 4. The van der Waals surface area contributed by atoms with Gasteiger partial charge in [-0.25, -0.2) is 8.42 Å². The number of sulfonamides is 1. The topological polar surface area (TPSA) is 90.3 Å². The Morgan fingerprint density at radius 2 is 1.67 bits per heavy atom. The zero-order chi connectivity index (χ0) is 20.0. The fourth-order valence-electron chi connectivity index (χ4n) is 2.88. The van der Waals surface area contributed by atoms with E-state index in [1.165, 1.54) is 12.1 Å². The van der Waals surface area contributed by atoms with Gasteiger partial charge in [0.25, 0.3) is 0 Å². The van der Waals surface area contributed by atoms with Crippen LogP contribution < -0.4 is 9.62 Å². The molecule has 0 radical (unpaired) electrons. The number of para-hydroxylation sites is 2. The van der Waals surface area contributed by atoms with Gasteiger partial charge < -0.3 is 5.32 Å². The van der Waals surface area contributed by atoms with Crippen molar-refractivity contribution in [2.45, 2.75) is 26.7 Å². The quantitative estimate of drug-likeness (QED) is 0.793. The summed E-state index contributed by atoms with van der Waals surface area (Å²) in [6.45, 7) is 3.59. The van der Waals surface area contributed by atoms with Crippen molar-refractivity contribution < 1.29 is 13.2 Å². The van der Waals surface area contributed by atoms with Crippen molar-refractivity contribution in [1.29, 1.82) is 5.26 Å². The average molecular weight is 385 g/mol. The molecule has 7 heteroatoms. The van der Waals surface area contributed by atoms with Gasteiger partial charge in [-0.15, -0.1) is 0 Å². The van der Waals surface area contributed by atoms with Gasteiger partial charge in [0.1, 0.15) is 12.6 Å². The predicted octanol–water partition coefficient (Wildman–Crippen LogP) is 3.09. The molecule has 0 saturated carbocycles. The van der Waals surface area contributed by atoms with Crippen LogP contribution in [0.4, 0.5) is 11.4 Å². The Kier molecular flexibility index (Phi) is 6.59. The standard InChI is InChI=1S/C20H23N3O3S/c1-4-15-10-8-11-16(5-2)20(15)22-19(24)14-23(27(3,25)26)18-12-7-6-9-17(18)13-21/h6-12H,4-5,14H2,1-3H3,(H,22,24). The molecule has 27 heavy (non-hydrogen) atoms. The summed E-state index contributed by atoms with van der Waals surface area (Å²) < 4.78 is 25.5. The van der Waals surface area contributed by atoms with E-state index in [-0.39, 0.29) is 11.3 Å². The minimum absolute atomic E-state index is 0.192. The number of hydrogen-bond donors (Lipinski definition) is 1. The van der Waals surface area contributed by atoms with Gasteiger partial charge in [0.15, 0.2) is 0 Å². The number of nitrogens with zero attached hydrogens (tertiary/aromatic N) is 2. The third-order valence-corrected chi connectivity index (χ3v) is 5.37. The van der Waals surface area contributed by atoms with Gasteiger partial charge in [-0.3, -0.25) is 9.10 Å². The number of nitrogens with one attached hydrogen (secondary N) is 1. The van der Waals surface area contributed by atoms with Gasteiger partial charge >= 0.3 is 0 Å². The molecule has 1 N–H and O–H groups in total. The van der Waals surface area contributed by atoms with Crippen LogP contribution in [0.25, 0.3) is 0 Å². The van der Waals surface area contributed by atoms with Gasteiger partial charge in [-0.05, 0) is 36.1 Å². The van der Waals surface area contributed by atoms with E-state index in [9.17, 15) is 18.5 Å². The van der Waals surface area contributed by atoms with Crippen molar-refractivity contribution in [2.24, 2.45) is 0 Å². The first-order chi connectivity index (χ1) is 12.8. The molecule has 0 aliphatic rings. The molecular weight excluding hydrogens is 362 g/mol. The van der Waals surface area contributed by atoms with E-state index in [0.717, 1.165) is 40.2 Å². The van der Waals surface area contributed by atoms with Crippen LogP contribution in [-0.2, 0) is 27.7 Å². The normalized spacial score (nSPS) is 10.9. The number of aryl methyl sites for hydroxylation is 2. The molecule has 0 fully saturated rings. The third-order valence-electron chi connectivity index (χ3n) is 4.24. The smallest absolute Gasteiger partial charge is 0.245 e. The number of carbonyl (C=O) groups is 1.